The van der Waals surface area contributed by atoms with Crippen LogP contribution >= 0.6 is 7.82 Å². The van der Waals surface area contributed by atoms with Crippen molar-refractivity contribution in [2.75, 3.05) is 26.4 Å². The predicted molar refractivity (Wildman–Crippen MR) is 266 cm³/mol. The SMILES string of the molecule is CCCCCCCC/C=C/CCCCCCCCCCCCCC(=O)NCCOP(=O)(O)OCC(O)COC(=O)CCCCCCCCCCCCCCCCCCCCCCC. The quantitative estimate of drug-likeness (QED) is 0.0238. The Bertz CT molecular complexity index is 1040. The van der Waals surface area contributed by atoms with Gasteiger partial charge in [0.05, 0.1) is 13.2 Å². The summed E-state index contributed by atoms with van der Waals surface area (Å²) in [6.07, 6.45) is 55.9. The molecule has 0 fully saturated rings. The molecule has 0 radical (unpaired) electrons. The van der Waals surface area contributed by atoms with Crippen molar-refractivity contribution >= 4 is 19.7 Å². The van der Waals surface area contributed by atoms with Gasteiger partial charge in [0.15, 0.2) is 0 Å². The third-order valence-electron chi connectivity index (χ3n) is 12.2. The van der Waals surface area contributed by atoms with Gasteiger partial charge >= 0.3 is 13.8 Å². The van der Waals surface area contributed by atoms with E-state index >= 15 is 0 Å². The van der Waals surface area contributed by atoms with Crippen molar-refractivity contribution in [2.24, 2.45) is 0 Å². The molecule has 374 valence electrons. The smallest absolute Gasteiger partial charge is 0.463 e. The minimum absolute atomic E-state index is 0.0857. The van der Waals surface area contributed by atoms with E-state index in [1.54, 1.807) is 0 Å². The molecule has 0 saturated carbocycles. The molecular formula is C53H104NO8P. The van der Waals surface area contributed by atoms with Gasteiger partial charge in [-0.3, -0.25) is 18.6 Å². The Morgan fingerprint density at radius 2 is 0.810 bits per heavy atom. The predicted octanol–water partition coefficient (Wildman–Crippen LogP) is 16.1. The molecule has 9 nitrogen and oxygen atoms in total. The number of hydrogen-bond acceptors (Lipinski definition) is 7. The summed E-state index contributed by atoms with van der Waals surface area (Å²) in [4.78, 5) is 34.1. The van der Waals surface area contributed by atoms with Gasteiger partial charge in [0.25, 0.3) is 0 Å². The second-order valence-corrected chi connectivity index (χ2v) is 20.0. The molecule has 2 atom stereocenters. The van der Waals surface area contributed by atoms with E-state index in [9.17, 15) is 24.2 Å². The molecule has 1 amide bonds. The molecule has 0 aliphatic heterocycles. The molecule has 0 spiro atoms. The number of unbranched alkanes of at least 4 members (excludes halogenated alkanes) is 37. The molecule has 0 aliphatic carbocycles. The normalized spacial score (nSPS) is 13.1. The third kappa shape index (κ3) is 51.6. The number of rotatable bonds is 52. The first-order chi connectivity index (χ1) is 30.8. The maximum absolute atomic E-state index is 12.2. The molecule has 3 N–H and O–H groups in total. The first-order valence-electron chi connectivity index (χ1n) is 27.2. The summed E-state index contributed by atoms with van der Waals surface area (Å²) in [5.74, 6) is -0.501. The minimum atomic E-state index is -4.42. The number of ether oxygens (including phenoxy) is 1. The van der Waals surface area contributed by atoms with Crippen LogP contribution in [0.3, 0.4) is 0 Å². The molecule has 63 heavy (non-hydrogen) atoms. The van der Waals surface area contributed by atoms with E-state index in [-0.39, 0.29) is 32.1 Å². The molecule has 10 heteroatoms. The zero-order valence-electron chi connectivity index (χ0n) is 41.6. The summed E-state index contributed by atoms with van der Waals surface area (Å²) in [5, 5.41) is 12.8. The maximum atomic E-state index is 12.2. The standard InChI is InChI=1S/C53H104NO8P/c1-3-5-7-9-11-13-15-17-19-21-23-25-27-29-31-33-35-37-39-41-43-45-52(56)54-47-48-61-63(58,59)62-50-51(55)49-60-53(57)46-44-42-40-38-36-34-32-30-28-26-24-22-20-18-16-14-12-10-8-6-4-2/h17,19,51,55H,3-16,18,20-50H2,1-2H3,(H,54,56)(H,58,59)/b19-17+. The number of carbonyl (C=O) groups is 2. The summed E-state index contributed by atoms with van der Waals surface area (Å²) >= 11 is 0. The highest BCUT2D eigenvalue weighted by Gasteiger charge is 2.23. The zero-order valence-corrected chi connectivity index (χ0v) is 42.4. The van der Waals surface area contributed by atoms with E-state index in [4.69, 9.17) is 13.8 Å². The Morgan fingerprint density at radius 3 is 1.19 bits per heavy atom. The van der Waals surface area contributed by atoms with Crippen LogP contribution in [0.2, 0.25) is 0 Å². The van der Waals surface area contributed by atoms with Gasteiger partial charge in [0.1, 0.15) is 12.7 Å². The average Bonchev–Trinajstić information content (AvgIpc) is 3.27. The van der Waals surface area contributed by atoms with Gasteiger partial charge in [0, 0.05) is 19.4 Å². The fourth-order valence-corrected chi connectivity index (χ4v) is 8.84. The highest BCUT2D eigenvalue weighted by atomic mass is 31.2. The summed E-state index contributed by atoms with van der Waals surface area (Å²) in [6.45, 7) is 3.62. The van der Waals surface area contributed by atoms with Crippen LogP contribution in [0.1, 0.15) is 284 Å². The fraction of sp³-hybridized carbons (Fsp3) is 0.925. The van der Waals surface area contributed by atoms with Gasteiger partial charge in [-0.1, -0.05) is 244 Å². The van der Waals surface area contributed by atoms with E-state index in [1.807, 2.05) is 0 Å². The Morgan fingerprint density at radius 1 is 0.476 bits per heavy atom. The average molecular weight is 914 g/mol. The van der Waals surface area contributed by atoms with Crippen LogP contribution in [0, 0.1) is 0 Å². The summed E-state index contributed by atoms with van der Waals surface area (Å²) in [5.41, 5.74) is 0. The van der Waals surface area contributed by atoms with E-state index in [1.165, 1.54) is 218 Å². The van der Waals surface area contributed by atoms with Crippen molar-refractivity contribution in [1.29, 1.82) is 0 Å². The number of allylic oxidation sites excluding steroid dienone is 2. The summed E-state index contributed by atoms with van der Waals surface area (Å²) in [7, 11) is -4.42. The van der Waals surface area contributed by atoms with E-state index in [0.29, 0.717) is 6.42 Å². The number of phosphoric ester groups is 1. The Kier molecular flexibility index (Phi) is 49.2. The first-order valence-corrected chi connectivity index (χ1v) is 28.7. The van der Waals surface area contributed by atoms with E-state index in [2.05, 4.69) is 31.3 Å². The second-order valence-electron chi connectivity index (χ2n) is 18.6. The highest BCUT2D eigenvalue weighted by Crippen LogP contribution is 2.42. The molecule has 0 aliphatic rings. The first kappa shape index (κ1) is 61.8. The van der Waals surface area contributed by atoms with Crippen molar-refractivity contribution in [3.8, 4) is 0 Å². The van der Waals surface area contributed by atoms with Gasteiger partial charge in [-0.2, -0.15) is 0 Å². The van der Waals surface area contributed by atoms with Crippen LogP contribution in [-0.2, 0) is 27.9 Å². The number of aliphatic hydroxyl groups is 1. The lowest BCUT2D eigenvalue weighted by Gasteiger charge is -2.15. The molecular weight excluding hydrogens is 810 g/mol. The maximum Gasteiger partial charge on any atom is 0.472 e. The van der Waals surface area contributed by atoms with Crippen molar-refractivity contribution in [3.05, 3.63) is 12.2 Å². The van der Waals surface area contributed by atoms with Crippen molar-refractivity contribution in [1.82, 2.24) is 5.32 Å². The molecule has 2 unspecified atom stereocenters. The zero-order chi connectivity index (χ0) is 46.0. The van der Waals surface area contributed by atoms with Gasteiger partial charge in [-0.25, -0.2) is 4.57 Å². The highest BCUT2D eigenvalue weighted by molar-refractivity contribution is 7.47. The Labute approximate surface area is 389 Å². The third-order valence-corrected chi connectivity index (χ3v) is 13.2. The fourth-order valence-electron chi connectivity index (χ4n) is 8.09. The minimum Gasteiger partial charge on any atom is -0.463 e. The van der Waals surface area contributed by atoms with Crippen LogP contribution in [-0.4, -0.2) is 54.3 Å². The number of carbonyl (C=O) groups excluding carboxylic acids is 2. The molecule has 0 aromatic heterocycles. The Hall–Kier alpha value is -1.25. The molecule has 0 heterocycles. The number of aliphatic hydroxyl groups excluding tert-OH is 1. The van der Waals surface area contributed by atoms with Crippen molar-refractivity contribution in [2.45, 2.75) is 290 Å². The van der Waals surface area contributed by atoms with E-state index < -0.39 is 26.5 Å². The number of amides is 1. The number of esters is 1. The van der Waals surface area contributed by atoms with Crippen LogP contribution in [0.4, 0.5) is 0 Å². The van der Waals surface area contributed by atoms with Crippen LogP contribution < -0.4 is 5.32 Å². The molecule has 0 aromatic carbocycles. The lowest BCUT2D eigenvalue weighted by Crippen LogP contribution is -2.27. The van der Waals surface area contributed by atoms with Crippen molar-refractivity contribution in [3.63, 3.8) is 0 Å². The second kappa shape index (κ2) is 50.2. The number of phosphoric acid groups is 1. The molecule has 0 bridgehead atoms. The lowest BCUT2D eigenvalue weighted by molar-refractivity contribution is -0.147. The van der Waals surface area contributed by atoms with Crippen molar-refractivity contribution < 1.29 is 37.9 Å². The van der Waals surface area contributed by atoms with Gasteiger partial charge in [-0.05, 0) is 38.5 Å². The lowest BCUT2D eigenvalue weighted by atomic mass is 10.0. The van der Waals surface area contributed by atoms with Gasteiger partial charge in [-0.15, -0.1) is 0 Å². The monoisotopic (exact) mass is 914 g/mol. The largest absolute Gasteiger partial charge is 0.472 e. The van der Waals surface area contributed by atoms with Gasteiger partial charge in [0.2, 0.25) is 5.91 Å². The van der Waals surface area contributed by atoms with Crippen LogP contribution in [0.15, 0.2) is 12.2 Å². The summed E-state index contributed by atoms with van der Waals surface area (Å²) in [6, 6.07) is 0. The molecule has 0 rings (SSSR count). The summed E-state index contributed by atoms with van der Waals surface area (Å²) < 4.78 is 27.0. The number of nitrogens with one attached hydrogen (secondary N) is 1. The van der Waals surface area contributed by atoms with Crippen LogP contribution in [0.25, 0.3) is 0 Å². The Balaban J connectivity index is 3.50. The van der Waals surface area contributed by atoms with Gasteiger partial charge < -0.3 is 20.1 Å². The van der Waals surface area contributed by atoms with Crippen LogP contribution in [0.5, 0.6) is 0 Å². The molecule has 0 aromatic rings. The van der Waals surface area contributed by atoms with E-state index in [0.717, 1.165) is 38.5 Å². The molecule has 0 saturated heterocycles. The number of hydrogen-bond donors (Lipinski definition) is 3. The topological polar surface area (TPSA) is 131 Å².